The van der Waals surface area contributed by atoms with E-state index < -0.39 is 12.2 Å². The fourth-order valence-electron chi connectivity index (χ4n) is 5.39. The van der Waals surface area contributed by atoms with Gasteiger partial charge < -0.3 is 36.0 Å². The predicted octanol–water partition coefficient (Wildman–Crippen LogP) is 3.52. The Bertz CT molecular complexity index is 1250. The summed E-state index contributed by atoms with van der Waals surface area (Å²) in [6.45, 7) is 12.7. The van der Waals surface area contributed by atoms with E-state index in [1.807, 2.05) is 41.1 Å². The van der Waals surface area contributed by atoms with E-state index in [0.29, 0.717) is 31.0 Å². The molecule has 4 rings (SSSR count). The average molecular weight is 538 g/mol. The zero-order valence-electron chi connectivity index (χ0n) is 23.6. The van der Waals surface area contributed by atoms with E-state index in [4.69, 9.17) is 5.73 Å². The van der Waals surface area contributed by atoms with Crippen molar-refractivity contribution in [2.45, 2.75) is 77.2 Å². The number of aliphatic hydroxyl groups excluding tert-OH is 2. The third-order valence-electron chi connectivity index (χ3n) is 7.78. The van der Waals surface area contributed by atoms with Crippen LogP contribution in [0.5, 0.6) is 0 Å². The van der Waals surface area contributed by atoms with Crippen molar-refractivity contribution in [1.29, 1.82) is 0 Å². The lowest BCUT2D eigenvalue weighted by atomic mass is 9.87. The van der Waals surface area contributed by atoms with Crippen molar-refractivity contribution in [3.63, 3.8) is 0 Å². The van der Waals surface area contributed by atoms with Crippen LogP contribution in [0.25, 0.3) is 11.0 Å². The molecular weight excluding hydrogens is 494 g/mol. The molecule has 0 radical (unpaired) electrons. The van der Waals surface area contributed by atoms with Crippen LogP contribution in [0.2, 0.25) is 0 Å². The van der Waals surface area contributed by atoms with Crippen molar-refractivity contribution < 1.29 is 15.0 Å². The number of nitrogens with zero attached hydrogens (tertiary/aromatic N) is 4. The maximum atomic E-state index is 12.4. The Balaban J connectivity index is 1.27. The van der Waals surface area contributed by atoms with Crippen molar-refractivity contribution in [2.75, 3.05) is 30.7 Å². The number of fused-ring (bicyclic) bond motifs is 1. The van der Waals surface area contributed by atoms with E-state index in [0.717, 1.165) is 24.0 Å². The second-order valence-corrected chi connectivity index (χ2v) is 11.9. The summed E-state index contributed by atoms with van der Waals surface area (Å²) in [5.74, 6) is 0.298. The highest BCUT2D eigenvalue weighted by Gasteiger charge is 2.43. The maximum absolute atomic E-state index is 12.4. The SMILES string of the molecule is CC(C)N(CCCNC(=O)Nc1ccc(C(C)(C)C)cc1)C[C@H]1C[C@@H](n2ccc3c(N)ncnc32)[C@H](O)[C@@H]1O. The Morgan fingerprint density at radius 3 is 2.54 bits per heavy atom. The van der Waals surface area contributed by atoms with Crippen molar-refractivity contribution in [3.8, 4) is 0 Å². The molecule has 6 N–H and O–H groups in total. The molecule has 0 saturated heterocycles. The second kappa shape index (κ2) is 11.9. The van der Waals surface area contributed by atoms with Crippen LogP contribution >= 0.6 is 0 Å². The van der Waals surface area contributed by atoms with Crippen molar-refractivity contribution in [3.05, 3.63) is 48.4 Å². The van der Waals surface area contributed by atoms with Crippen LogP contribution in [0.15, 0.2) is 42.9 Å². The highest BCUT2D eigenvalue weighted by Crippen LogP contribution is 2.38. The number of aliphatic hydroxyl groups is 2. The van der Waals surface area contributed by atoms with Gasteiger partial charge in [-0.05, 0) is 55.9 Å². The van der Waals surface area contributed by atoms with Crippen LogP contribution in [-0.4, -0.2) is 73.6 Å². The van der Waals surface area contributed by atoms with Crippen LogP contribution < -0.4 is 16.4 Å². The molecule has 1 fully saturated rings. The maximum Gasteiger partial charge on any atom is 0.319 e. The van der Waals surface area contributed by atoms with Gasteiger partial charge in [0.05, 0.1) is 17.5 Å². The molecule has 212 valence electrons. The fraction of sp³-hybridized carbons (Fsp3) is 0.552. The minimum atomic E-state index is -0.904. The van der Waals surface area contributed by atoms with Gasteiger partial charge in [-0.1, -0.05) is 32.9 Å². The number of carbonyl (C=O) groups excluding carboxylic acids is 1. The summed E-state index contributed by atoms with van der Waals surface area (Å²) in [7, 11) is 0. The number of carbonyl (C=O) groups is 1. The Hall–Kier alpha value is -3.21. The molecule has 1 saturated carbocycles. The summed E-state index contributed by atoms with van der Waals surface area (Å²) in [6.07, 6.45) is 2.91. The van der Waals surface area contributed by atoms with E-state index in [-0.39, 0.29) is 29.4 Å². The molecule has 10 heteroatoms. The van der Waals surface area contributed by atoms with Crippen LogP contribution in [0.4, 0.5) is 16.3 Å². The number of hydrogen-bond acceptors (Lipinski definition) is 7. The summed E-state index contributed by atoms with van der Waals surface area (Å²) in [6, 6.07) is 9.50. The van der Waals surface area contributed by atoms with Crippen LogP contribution in [0, 0.1) is 5.92 Å². The third kappa shape index (κ3) is 6.69. The van der Waals surface area contributed by atoms with E-state index in [1.54, 1.807) is 0 Å². The summed E-state index contributed by atoms with van der Waals surface area (Å²) in [5, 5.41) is 28.4. The van der Waals surface area contributed by atoms with Gasteiger partial charge in [-0.15, -0.1) is 0 Å². The first-order chi connectivity index (χ1) is 18.5. The number of anilines is 2. The number of amides is 2. The van der Waals surface area contributed by atoms with Gasteiger partial charge in [0.25, 0.3) is 0 Å². The Morgan fingerprint density at radius 2 is 1.87 bits per heavy atom. The third-order valence-corrected chi connectivity index (χ3v) is 7.78. The molecule has 2 heterocycles. The van der Waals surface area contributed by atoms with Gasteiger partial charge in [-0.25, -0.2) is 14.8 Å². The van der Waals surface area contributed by atoms with E-state index >= 15 is 0 Å². The average Bonchev–Trinajstić information content (AvgIpc) is 3.42. The molecule has 4 atom stereocenters. The molecule has 1 aliphatic carbocycles. The second-order valence-electron chi connectivity index (χ2n) is 11.9. The number of rotatable bonds is 9. The smallest absolute Gasteiger partial charge is 0.319 e. The zero-order chi connectivity index (χ0) is 28.3. The fourth-order valence-corrected chi connectivity index (χ4v) is 5.39. The van der Waals surface area contributed by atoms with Gasteiger partial charge in [-0.3, -0.25) is 0 Å². The Morgan fingerprint density at radius 1 is 1.15 bits per heavy atom. The quantitative estimate of drug-likeness (QED) is 0.263. The summed E-state index contributed by atoms with van der Waals surface area (Å²) >= 11 is 0. The zero-order valence-corrected chi connectivity index (χ0v) is 23.6. The van der Waals surface area contributed by atoms with E-state index in [2.05, 4.69) is 60.1 Å². The molecule has 1 aliphatic rings. The highest BCUT2D eigenvalue weighted by molar-refractivity contribution is 5.89. The number of hydrogen-bond donors (Lipinski definition) is 5. The predicted molar refractivity (Wildman–Crippen MR) is 155 cm³/mol. The largest absolute Gasteiger partial charge is 0.390 e. The Kier molecular flexibility index (Phi) is 8.78. The number of nitrogens with two attached hydrogens (primary N) is 1. The van der Waals surface area contributed by atoms with E-state index in [9.17, 15) is 15.0 Å². The van der Waals surface area contributed by atoms with Crippen molar-refractivity contribution >= 4 is 28.6 Å². The minimum absolute atomic E-state index is 0.0662. The summed E-state index contributed by atoms with van der Waals surface area (Å²) in [5.41, 5.74) is 8.68. The first-order valence-electron chi connectivity index (χ1n) is 13.8. The lowest BCUT2D eigenvalue weighted by Gasteiger charge is -2.30. The highest BCUT2D eigenvalue weighted by atomic mass is 16.3. The van der Waals surface area contributed by atoms with E-state index in [1.165, 1.54) is 11.9 Å². The van der Waals surface area contributed by atoms with Crippen molar-refractivity contribution in [1.82, 2.24) is 24.8 Å². The molecule has 39 heavy (non-hydrogen) atoms. The number of urea groups is 1. The molecule has 10 nitrogen and oxygen atoms in total. The molecule has 0 unspecified atom stereocenters. The molecule has 3 aromatic rings. The number of aromatic nitrogens is 3. The number of benzene rings is 1. The van der Waals surface area contributed by atoms with Gasteiger partial charge in [0.2, 0.25) is 0 Å². The monoisotopic (exact) mass is 537 g/mol. The van der Waals surface area contributed by atoms with Crippen LogP contribution in [0.3, 0.4) is 0 Å². The number of nitrogen functional groups attached to an aromatic ring is 1. The standard InChI is InChI=1S/C29H43N7O3/c1-18(2)35(13-6-12-31-28(39)34-21-9-7-20(8-10-21)29(3,4)5)16-19-15-23(25(38)24(19)37)36-14-11-22-26(30)32-17-33-27(22)36/h7-11,14,17-19,23-25,37-38H,6,12-13,15-16H2,1-5H3,(H2,30,32,33)(H2,31,34,39)/t19-,23-,24-,25+/m1/s1. The first kappa shape index (κ1) is 28.8. The van der Waals surface area contributed by atoms with Gasteiger partial charge in [0.1, 0.15) is 23.9 Å². The number of nitrogens with one attached hydrogen (secondary N) is 2. The molecule has 2 aromatic heterocycles. The van der Waals surface area contributed by atoms with Crippen LogP contribution in [-0.2, 0) is 5.41 Å². The lowest BCUT2D eigenvalue weighted by Crippen LogP contribution is -2.41. The summed E-state index contributed by atoms with van der Waals surface area (Å²) in [4.78, 5) is 23.1. The summed E-state index contributed by atoms with van der Waals surface area (Å²) < 4.78 is 1.90. The molecular formula is C29H43N7O3. The molecule has 1 aromatic carbocycles. The molecule has 0 spiro atoms. The minimum Gasteiger partial charge on any atom is -0.390 e. The van der Waals surface area contributed by atoms with Gasteiger partial charge in [-0.2, -0.15) is 0 Å². The van der Waals surface area contributed by atoms with Gasteiger partial charge in [0, 0.05) is 43.5 Å². The van der Waals surface area contributed by atoms with Crippen molar-refractivity contribution in [2.24, 2.45) is 5.92 Å². The normalized spacial score (nSPS) is 21.7. The molecule has 2 amide bonds. The molecule has 0 bridgehead atoms. The lowest BCUT2D eigenvalue weighted by molar-refractivity contribution is -0.00165. The van der Waals surface area contributed by atoms with Crippen LogP contribution in [0.1, 0.15) is 59.1 Å². The topological polar surface area (TPSA) is 142 Å². The Labute approximate surface area is 230 Å². The molecule has 0 aliphatic heterocycles. The first-order valence-corrected chi connectivity index (χ1v) is 13.8. The van der Waals surface area contributed by atoms with Gasteiger partial charge >= 0.3 is 6.03 Å². The van der Waals surface area contributed by atoms with Gasteiger partial charge in [0.15, 0.2) is 0 Å².